The summed E-state index contributed by atoms with van der Waals surface area (Å²) in [5.74, 6) is -2.39. The molecule has 1 aliphatic heterocycles. The summed E-state index contributed by atoms with van der Waals surface area (Å²) in [7, 11) is 0. The van der Waals surface area contributed by atoms with E-state index in [1.807, 2.05) is 0 Å². The molecule has 0 aromatic carbocycles. The molecule has 2 N–H and O–H groups in total. The zero-order valence-corrected chi connectivity index (χ0v) is 12.9. The molecule has 0 aromatic heterocycles. The lowest BCUT2D eigenvalue weighted by atomic mass is 9.81. The molecular formula is C17H20O6. The van der Waals surface area contributed by atoms with Crippen LogP contribution in [-0.4, -0.2) is 46.6 Å². The number of hydrogen-bond donors (Lipinski definition) is 2. The predicted molar refractivity (Wildman–Crippen MR) is 80.0 cm³/mol. The van der Waals surface area contributed by atoms with Crippen molar-refractivity contribution in [2.45, 2.75) is 37.8 Å². The van der Waals surface area contributed by atoms with Crippen LogP contribution in [0.2, 0.25) is 0 Å². The summed E-state index contributed by atoms with van der Waals surface area (Å²) >= 11 is 0. The lowest BCUT2D eigenvalue weighted by molar-refractivity contribution is -0.145. The first kappa shape index (κ1) is 16.0. The summed E-state index contributed by atoms with van der Waals surface area (Å²) in [5.41, 5.74) is 1.19. The topological polar surface area (TPSA) is 93.1 Å². The first-order chi connectivity index (χ1) is 10.7. The molecule has 7 atom stereocenters. The highest BCUT2D eigenvalue weighted by atomic mass is 16.6. The highest BCUT2D eigenvalue weighted by Crippen LogP contribution is 2.52. The van der Waals surface area contributed by atoms with E-state index in [-0.39, 0.29) is 17.4 Å². The Morgan fingerprint density at radius 2 is 1.87 bits per heavy atom. The van der Waals surface area contributed by atoms with Crippen molar-refractivity contribution in [1.82, 2.24) is 0 Å². The number of rotatable bonds is 1. The lowest BCUT2D eigenvalue weighted by Crippen LogP contribution is -2.38. The molecule has 0 radical (unpaired) electrons. The van der Waals surface area contributed by atoms with Crippen LogP contribution in [0.5, 0.6) is 0 Å². The number of aliphatic hydroxyl groups is 2. The van der Waals surface area contributed by atoms with Gasteiger partial charge in [0.1, 0.15) is 18.3 Å². The van der Waals surface area contributed by atoms with Crippen molar-refractivity contribution in [1.29, 1.82) is 0 Å². The van der Waals surface area contributed by atoms with Gasteiger partial charge in [0, 0.05) is 18.4 Å². The second kappa shape index (κ2) is 5.32. The maximum atomic E-state index is 11.9. The molecule has 3 fully saturated rings. The molecule has 124 valence electrons. The van der Waals surface area contributed by atoms with E-state index in [4.69, 9.17) is 9.47 Å². The van der Waals surface area contributed by atoms with E-state index >= 15 is 0 Å². The third kappa shape index (κ3) is 2.24. The van der Waals surface area contributed by atoms with Gasteiger partial charge in [0.05, 0.1) is 12.0 Å². The van der Waals surface area contributed by atoms with Gasteiger partial charge in [0.15, 0.2) is 0 Å². The van der Waals surface area contributed by atoms with Crippen molar-refractivity contribution in [3.8, 4) is 0 Å². The number of esters is 2. The van der Waals surface area contributed by atoms with Crippen molar-refractivity contribution in [2.75, 3.05) is 0 Å². The van der Waals surface area contributed by atoms with Gasteiger partial charge in [-0.25, -0.2) is 4.79 Å². The smallest absolute Gasteiger partial charge is 0.334 e. The van der Waals surface area contributed by atoms with Gasteiger partial charge in [0.25, 0.3) is 0 Å². The summed E-state index contributed by atoms with van der Waals surface area (Å²) in [5, 5.41) is 20.8. The van der Waals surface area contributed by atoms with E-state index in [2.05, 4.69) is 19.7 Å². The second-order valence-electron chi connectivity index (χ2n) is 6.47. The normalized spacial score (nSPS) is 42.8. The standard InChI is InChI=1S/C17H20O6/c1-6-10-5-11(22-9(4)18)7(2)12(10)16-13(15(20)14(6)19)8(3)17(21)23-16/h10-16,19-20H,1-3,5H2,4H3/t10-,11-,12-,13+,14+,15+,16+/m0/s1. The Hall–Kier alpha value is -1.92. The van der Waals surface area contributed by atoms with Gasteiger partial charge in [0.2, 0.25) is 0 Å². The molecule has 2 saturated carbocycles. The summed E-state index contributed by atoms with van der Waals surface area (Å²) < 4.78 is 10.7. The summed E-state index contributed by atoms with van der Waals surface area (Å²) in [6.07, 6.45) is -3.21. The van der Waals surface area contributed by atoms with Crippen molar-refractivity contribution in [3.05, 3.63) is 36.5 Å². The average Bonchev–Trinajstić information content (AvgIpc) is 2.92. The van der Waals surface area contributed by atoms with Crippen LogP contribution >= 0.6 is 0 Å². The maximum absolute atomic E-state index is 11.9. The summed E-state index contributed by atoms with van der Waals surface area (Å²) in [6, 6.07) is 0. The van der Waals surface area contributed by atoms with E-state index in [1.165, 1.54) is 6.92 Å². The van der Waals surface area contributed by atoms with Crippen LogP contribution in [-0.2, 0) is 19.1 Å². The van der Waals surface area contributed by atoms with Crippen molar-refractivity contribution < 1.29 is 29.3 Å². The fourth-order valence-electron chi connectivity index (χ4n) is 4.09. The summed E-state index contributed by atoms with van der Waals surface area (Å²) in [4.78, 5) is 23.2. The van der Waals surface area contributed by atoms with Crippen LogP contribution in [0.4, 0.5) is 0 Å². The minimum absolute atomic E-state index is 0.138. The summed E-state index contributed by atoms with van der Waals surface area (Å²) in [6.45, 7) is 12.9. The van der Waals surface area contributed by atoms with E-state index in [9.17, 15) is 19.8 Å². The fourth-order valence-corrected chi connectivity index (χ4v) is 4.09. The number of aliphatic hydroxyl groups excluding tert-OH is 2. The van der Waals surface area contributed by atoms with E-state index < -0.39 is 42.3 Å². The van der Waals surface area contributed by atoms with Gasteiger partial charge in [-0.1, -0.05) is 19.7 Å². The van der Waals surface area contributed by atoms with Gasteiger partial charge in [-0.05, 0) is 23.5 Å². The van der Waals surface area contributed by atoms with Crippen LogP contribution < -0.4 is 0 Å². The molecule has 0 aromatic rings. The number of fused-ring (bicyclic) bond motifs is 3. The quantitative estimate of drug-likeness (QED) is 0.415. The number of carbonyl (C=O) groups is 2. The van der Waals surface area contributed by atoms with Gasteiger partial charge < -0.3 is 19.7 Å². The molecule has 0 spiro atoms. The van der Waals surface area contributed by atoms with Crippen molar-refractivity contribution >= 4 is 11.9 Å². The SMILES string of the molecule is C=C1C(=O)O[C@H]2[C@H]1[C@@H](O)[C@H](O)C(=C)[C@@H]1C[C@H](OC(C)=O)C(=C)[C@H]21. The second-order valence-corrected chi connectivity index (χ2v) is 6.47. The van der Waals surface area contributed by atoms with Gasteiger partial charge >= 0.3 is 11.9 Å². The Morgan fingerprint density at radius 1 is 1.22 bits per heavy atom. The van der Waals surface area contributed by atoms with Crippen LogP contribution in [0.15, 0.2) is 36.5 Å². The van der Waals surface area contributed by atoms with Crippen molar-refractivity contribution in [2.24, 2.45) is 17.8 Å². The Balaban J connectivity index is 2.02. The third-order valence-corrected chi connectivity index (χ3v) is 5.21. The Labute approximate surface area is 134 Å². The Kier molecular flexibility index (Phi) is 3.69. The molecular weight excluding hydrogens is 300 g/mol. The monoisotopic (exact) mass is 320 g/mol. The highest BCUT2D eigenvalue weighted by molar-refractivity contribution is 5.91. The fraction of sp³-hybridized carbons (Fsp3) is 0.529. The number of carbonyl (C=O) groups excluding carboxylic acids is 2. The molecule has 0 unspecified atom stereocenters. The molecule has 2 aliphatic carbocycles. The molecule has 0 bridgehead atoms. The molecule has 3 aliphatic rings. The minimum atomic E-state index is -1.21. The van der Waals surface area contributed by atoms with Crippen LogP contribution in [0.1, 0.15) is 13.3 Å². The van der Waals surface area contributed by atoms with E-state index in [0.29, 0.717) is 17.6 Å². The molecule has 6 nitrogen and oxygen atoms in total. The molecule has 1 saturated heterocycles. The van der Waals surface area contributed by atoms with E-state index in [1.54, 1.807) is 0 Å². The Morgan fingerprint density at radius 3 is 2.48 bits per heavy atom. The zero-order valence-electron chi connectivity index (χ0n) is 12.9. The largest absolute Gasteiger partial charge is 0.458 e. The lowest BCUT2D eigenvalue weighted by Gasteiger charge is -2.27. The average molecular weight is 320 g/mol. The first-order valence-corrected chi connectivity index (χ1v) is 7.54. The maximum Gasteiger partial charge on any atom is 0.334 e. The zero-order chi connectivity index (χ0) is 17.0. The Bertz CT molecular complexity index is 621. The van der Waals surface area contributed by atoms with E-state index in [0.717, 1.165) is 0 Å². The van der Waals surface area contributed by atoms with Crippen LogP contribution in [0, 0.1) is 17.8 Å². The first-order valence-electron chi connectivity index (χ1n) is 7.54. The number of ether oxygens (including phenoxy) is 2. The molecule has 1 heterocycles. The van der Waals surface area contributed by atoms with Crippen LogP contribution in [0.25, 0.3) is 0 Å². The molecule has 0 amide bonds. The van der Waals surface area contributed by atoms with Gasteiger partial charge in [-0.2, -0.15) is 0 Å². The predicted octanol–water partition coefficient (Wildman–Crippen LogP) is 0.500. The molecule has 3 rings (SSSR count). The van der Waals surface area contributed by atoms with Crippen LogP contribution in [0.3, 0.4) is 0 Å². The molecule has 23 heavy (non-hydrogen) atoms. The van der Waals surface area contributed by atoms with Gasteiger partial charge in [-0.15, -0.1) is 0 Å². The highest BCUT2D eigenvalue weighted by Gasteiger charge is 2.58. The number of hydrogen-bond acceptors (Lipinski definition) is 6. The minimum Gasteiger partial charge on any atom is -0.458 e. The molecule has 6 heteroatoms. The van der Waals surface area contributed by atoms with Crippen molar-refractivity contribution in [3.63, 3.8) is 0 Å². The van der Waals surface area contributed by atoms with Gasteiger partial charge in [-0.3, -0.25) is 4.79 Å². The third-order valence-electron chi connectivity index (χ3n) is 5.21.